The molecule has 168 valence electrons. The van der Waals surface area contributed by atoms with Crippen molar-refractivity contribution in [1.29, 1.82) is 0 Å². The smallest absolute Gasteiger partial charge is 0.306 e. The van der Waals surface area contributed by atoms with Crippen LogP contribution in [0.4, 0.5) is 0 Å². The number of aromatic nitrogens is 2. The van der Waals surface area contributed by atoms with Crippen LogP contribution in [0.25, 0.3) is 10.9 Å². The maximum absolute atomic E-state index is 12.8. The summed E-state index contributed by atoms with van der Waals surface area (Å²) >= 11 is 5.82. The Balaban J connectivity index is 1.60. The van der Waals surface area contributed by atoms with Gasteiger partial charge in [-0.1, -0.05) is 11.6 Å². The number of methoxy groups -OCH3 is 2. The first kappa shape index (κ1) is 23.3. The molecule has 3 rings (SSSR count). The average Bonchev–Trinajstić information content (AvgIpc) is 2.79. The van der Waals surface area contributed by atoms with Crippen LogP contribution < -0.4 is 15.0 Å². The highest BCUT2D eigenvalue weighted by atomic mass is 35.5. The molecule has 3 aromatic rings. The van der Waals surface area contributed by atoms with Crippen LogP contribution in [0.3, 0.4) is 0 Å². The van der Waals surface area contributed by atoms with Gasteiger partial charge in [-0.05, 0) is 43.7 Å². The van der Waals surface area contributed by atoms with E-state index in [1.807, 2.05) is 0 Å². The predicted octanol–water partition coefficient (Wildman–Crippen LogP) is 3.66. The van der Waals surface area contributed by atoms with E-state index in [9.17, 15) is 14.4 Å². The Morgan fingerprint density at radius 2 is 1.75 bits per heavy atom. The highest BCUT2D eigenvalue weighted by Gasteiger charge is 2.19. The number of hydrogen-bond donors (Lipinski definition) is 0. The molecule has 0 fully saturated rings. The third-order valence-corrected chi connectivity index (χ3v) is 5.17. The second kappa shape index (κ2) is 10.3. The molecule has 8 nitrogen and oxygen atoms in total. The van der Waals surface area contributed by atoms with Crippen LogP contribution >= 0.6 is 11.6 Å². The van der Waals surface area contributed by atoms with E-state index >= 15 is 0 Å². The maximum Gasteiger partial charge on any atom is 0.306 e. The van der Waals surface area contributed by atoms with E-state index in [1.54, 1.807) is 36.4 Å². The van der Waals surface area contributed by atoms with Crippen molar-refractivity contribution >= 4 is 34.3 Å². The van der Waals surface area contributed by atoms with Gasteiger partial charge in [-0.25, -0.2) is 4.98 Å². The summed E-state index contributed by atoms with van der Waals surface area (Å²) in [6.07, 6.45) is 0.904. The van der Waals surface area contributed by atoms with E-state index in [-0.39, 0.29) is 24.3 Å². The molecular formula is C23H23ClN2O6. The molecule has 32 heavy (non-hydrogen) atoms. The zero-order valence-electron chi connectivity index (χ0n) is 18.0. The zero-order chi connectivity index (χ0) is 23.3. The first-order valence-electron chi connectivity index (χ1n) is 9.94. The van der Waals surface area contributed by atoms with Crippen molar-refractivity contribution in [3.8, 4) is 11.5 Å². The summed E-state index contributed by atoms with van der Waals surface area (Å²) < 4.78 is 17.1. The molecule has 0 radical (unpaired) electrons. The summed E-state index contributed by atoms with van der Waals surface area (Å²) in [6.45, 7) is 1.79. The Morgan fingerprint density at radius 1 is 1.09 bits per heavy atom. The number of ketones is 1. The van der Waals surface area contributed by atoms with Crippen molar-refractivity contribution in [3.05, 3.63) is 63.7 Å². The number of hydrogen-bond acceptors (Lipinski definition) is 7. The minimum absolute atomic E-state index is 0.0502. The van der Waals surface area contributed by atoms with Crippen LogP contribution in [0, 0.1) is 0 Å². The standard InChI is InChI=1S/C23H23ClN2O6/c1-14(22(28)15-6-8-16(24)9-7-15)32-21(27)5-4-10-26-13-25-18-12-20(31-3)19(30-2)11-17(18)23(26)29/h6-9,11-14H,4-5,10H2,1-3H3/t14-/m1/s1. The molecule has 0 spiro atoms. The van der Waals surface area contributed by atoms with Crippen LogP contribution in [0.15, 0.2) is 47.5 Å². The van der Waals surface area contributed by atoms with Gasteiger partial charge in [0.15, 0.2) is 17.6 Å². The quantitative estimate of drug-likeness (QED) is 0.356. The molecule has 0 amide bonds. The van der Waals surface area contributed by atoms with Gasteiger partial charge in [-0.15, -0.1) is 0 Å². The lowest BCUT2D eigenvalue weighted by Gasteiger charge is -2.13. The Kier molecular flexibility index (Phi) is 7.48. The van der Waals surface area contributed by atoms with Crippen LogP contribution in [0.2, 0.25) is 5.02 Å². The number of carbonyl (C=O) groups is 2. The predicted molar refractivity (Wildman–Crippen MR) is 120 cm³/mol. The van der Waals surface area contributed by atoms with Gasteiger partial charge in [0.1, 0.15) is 0 Å². The Labute approximate surface area is 189 Å². The van der Waals surface area contributed by atoms with Crippen molar-refractivity contribution in [2.24, 2.45) is 0 Å². The second-order valence-electron chi connectivity index (χ2n) is 7.07. The third-order valence-electron chi connectivity index (χ3n) is 4.92. The lowest BCUT2D eigenvalue weighted by Crippen LogP contribution is -2.25. The average molecular weight is 459 g/mol. The van der Waals surface area contributed by atoms with Crippen LogP contribution in [-0.4, -0.2) is 41.6 Å². The van der Waals surface area contributed by atoms with Crippen molar-refractivity contribution in [2.45, 2.75) is 32.4 Å². The fraction of sp³-hybridized carbons (Fsp3) is 0.304. The van der Waals surface area contributed by atoms with Gasteiger partial charge in [0.05, 0.1) is 31.4 Å². The molecule has 0 aliphatic heterocycles. The Hall–Kier alpha value is -3.39. The molecular weight excluding hydrogens is 436 g/mol. The van der Waals surface area contributed by atoms with E-state index in [4.69, 9.17) is 25.8 Å². The summed E-state index contributed by atoms with van der Waals surface area (Å²) in [5, 5.41) is 0.900. The van der Waals surface area contributed by atoms with E-state index in [1.165, 1.54) is 32.0 Å². The third kappa shape index (κ3) is 5.26. The van der Waals surface area contributed by atoms with E-state index in [0.29, 0.717) is 39.4 Å². The SMILES string of the molecule is COc1cc2ncn(CCCC(=O)O[C@H](C)C(=O)c3ccc(Cl)cc3)c(=O)c2cc1OC. The van der Waals surface area contributed by atoms with E-state index in [0.717, 1.165) is 0 Å². The number of esters is 1. The molecule has 0 N–H and O–H groups in total. The first-order chi connectivity index (χ1) is 15.3. The summed E-state index contributed by atoms with van der Waals surface area (Å²) in [4.78, 5) is 41.6. The van der Waals surface area contributed by atoms with Gasteiger partial charge < -0.3 is 14.2 Å². The van der Waals surface area contributed by atoms with E-state index in [2.05, 4.69) is 4.98 Å². The molecule has 0 aliphatic carbocycles. The molecule has 0 bridgehead atoms. The monoisotopic (exact) mass is 458 g/mol. The molecule has 1 heterocycles. The fourth-order valence-electron chi connectivity index (χ4n) is 3.20. The molecule has 1 atom stereocenters. The lowest BCUT2D eigenvalue weighted by atomic mass is 10.1. The number of rotatable bonds is 9. The van der Waals surface area contributed by atoms with Crippen molar-refractivity contribution in [3.63, 3.8) is 0 Å². The molecule has 0 saturated heterocycles. The number of ether oxygens (including phenoxy) is 3. The number of benzene rings is 2. The van der Waals surface area contributed by atoms with Gasteiger partial charge in [0.2, 0.25) is 5.78 Å². The van der Waals surface area contributed by atoms with Crippen LogP contribution in [0.1, 0.15) is 30.1 Å². The van der Waals surface area contributed by atoms with Gasteiger partial charge in [0, 0.05) is 29.6 Å². The summed E-state index contributed by atoms with van der Waals surface area (Å²) in [5.41, 5.74) is 0.643. The minimum atomic E-state index is -0.920. The molecule has 1 aromatic heterocycles. The lowest BCUT2D eigenvalue weighted by molar-refractivity contribution is -0.146. The number of fused-ring (bicyclic) bond motifs is 1. The van der Waals surface area contributed by atoms with Gasteiger partial charge >= 0.3 is 5.97 Å². The highest BCUT2D eigenvalue weighted by Crippen LogP contribution is 2.29. The number of nitrogens with zero attached hydrogens (tertiary/aromatic N) is 2. The van der Waals surface area contributed by atoms with Gasteiger partial charge in [-0.2, -0.15) is 0 Å². The fourth-order valence-corrected chi connectivity index (χ4v) is 3.32. The number of Topliss-reactive ketones (excluding diaryl/α,β-unsaturated/α-hetero) is 1. The first-order valence-corrected chi connectivity index (χ1v) is 10.3. The maximum atomic E-state index is 12.8. The summed E-state index contributed by atoms with van der Waals surface area (Å²) in [6, 6.07) is 9.58. The summed E-state index contributed by atoms with van der Waals surface area (Å²) in [5.74, 6) is 0.0802. The number of halogens is 1. The number of aryl methyl sites for hydroxylation is 1. The van der Waals surface area contributed by atoms with Crippen molar-refractivity contribution in [2.75, 3.05) is 14.2 Å². The topological polar surface area (TPSA) is 96.7 Å². The molecule has 2 aromatic carbocycles. The molecule has 9 heteroatoms. The normalized spacial score (nSPS) is 11.8. The van der Waals surface area contributed by atoms with Crippen LogP contribution in [0.5, 0.6) is 11.5 Å². The number of carbonyl (C=O) groups excluding carboxylic acids is 2. The minimum Gasteiger partial charge on any atom is -0.493 e. The molecule has 0 aliphatic rings. The molecule has 0 saturated carbocycles. The Morgan fingerprint density at radius 3 is 2.41 bits per heavy atom. The van der Waals surface area contributed by atoms with Gasteiger partial charge in [0.25, 0.3) is 5.56 Å². The van der Waals surface area contributed by atoms with Crippen molar-refractivity contribution in [1.82, 2.24) is 9.55 Å². The van der Waals surface area contributed by atoms with Gasteiger partial charge in [-0.3, -0.25) is 19.0 Å². The van der Waals surface area contributed by atoms with Crippen molar-refractivity contribution < 1.29 is 23.8 Å². The largest absolute Gasteiger partial charge is 0.493 e. The zero-order valence-corrected chi connectivity index (χ0v) is 18.7. The second-order valence-corrected chi connectivity index (χ2v) is 7.51. The highest BCUT2D eigenvalue weighted by molar-refractivity contribution is 6.30. The van der Waals surface area contributed by atoms with Crippen LogP contribution in [-0.2, 0) is 16.1 Å². The molecule has 0 unspecified atom stereocenters. The Bertz CT molecular complexity index is 1190. The summed E-state index contributed by atoms with van der Waals surface area (Å²) in [7, 11) is 3.00. The van der Waals surface area contributed by atoms with E-state index < -0.39 is 12.1 Å².